The van der Waals surface area contributed by atoms with E-state index in [1.807, 2.05) is 29.5 Å². The molecule has 0 saturated carbocycles. The van der Waals surface area contributed by atoms with Gasteiger partial charge in [-0.2, -0.15) is 0 Å². The van der Waals surface area contributed by atoms with E-state index < -0.39 is 0 Å². The minimum absolute atomic E-state index is 0.373. The summed E-state index contributed by atoms with van der Waals surface area (Å²) in [6, 6.07) is 11.1. The third-order valence-electron chi connectivity index (χ3n) is 3.56. The van der Waals surface area contributed by atoms with Gasteiger partial charge in [0.2, 0.25) is 0 Å². The van der Waals surface area contributed by atoms with Crippen LogP contribution in [0, 0.1) is 13.8 Å². The third-order valence-corrected chi connectivity index (χ3v) is 4.91. The Kier molecular flexibility index (Phi) is 5.25. The molecule has 108 valence electrons. The summed E-state index contributed by atoms with van der Waals surface area (Å²) in [6.45, 7) is 8.82. The van der Waals surface area contributed by atoms with Gasteiger partial charge in [-0.1, -0.05) is 29.8 Å². The second-order valence-corrected chi connectivity index (χ2v) is 7.32. The monoisotopic (exact) mass is 307 g/mol. The number of benzene rings is 1. The van der Waals surface area contributed by atoms with Crippen molar-refractivity contribution >= 4 is 22.9 Å². The van der Waals surface area contributed by atoms with E-state index >= 15 is 0 Å². The van der Waals surface area contributed by atoms with Gasteiger partial charge in [-0.15, -0.1) is 11.3 Å². The molecule has 0 aliphatic heterocycles. The van der Waals surface area contributed by atoms with Gasteiger partial charge in [0.05, 0.1) is 0 Å². The Hall–Kier alpha value is -0.830. The molecule has 3 heteroatoms. The molecule has 1 heterocycles. The van der Waals surface area contributed by atoms with Crippen molar-refractivity contribution in [2.75, 3.05) is 0 Å². The van der Waals surface area contributed by atoms with Gasteiger partial charge in [-0.05, 0) is 57.4 Å². The Bertz CT molecular complexity index is 576. The number of hydrogen-bond acceptors (Lipinski definition) is 2. The highest BCUT2D eigenvalue weighted by Gasteiger charge is 2.14. The fraction of sp³-hybridized carbons (Fsp3) is 0.412. The fourth-order valence-electron chi connectivity index (χ4n) is 2.65. The molecule has 0 fully saturated rings. The molecule has 0 spiro atoms. The van der Waals surface area contributed by atoms with Gasteiger partial charge in [-0.25, -0.2) is 0 Å². The van der Waals surface area contributed by atoms with Crippen molar-refractivity contribution in [3.8, 4) is 0 Å². The number of aryl methyl sites for hydroxylation is 2. The quantitative estimate of drug-likeness (QED) is 0.790. The minimum Gasteiger partial charge on any atom is -0.307 e. The first-order chi connectivity index (χ1) is 9.47. The van der Waals surface area contributed by atoms with Gasteiger partial charge in [0.15, 0.2) is 0 Å². The molecule has 1 N–H and O–H groups in total. The van der Waals surface area contributed by atoms with Crippen LogP contribution in [0.25, 0.3) is 0 Å². The standard InChI is InChI=1S/C17H22ClNS/c1-11(9-15-7-5-6-8-17(15)18)19-13(3)16-10-12(2)20-14(16)4/h5-8,10-11,13,19H,9H2,1-4H3. The molecule has 0 bridgehead atoms. The van der Waals surface area contributed by atoms with Gasteiger partial charge in [0.1, 0.15) is 0 Å². The lowest BCUT2D eigenvalue weighted by molar-refractivity contribution is 0.477. The van der Waals surface area contributed by atoms with E-state index in [2.05, 4.69) is 45.1 Å². The van der Waals surface area contributed by atoms with Crippen molar-refractivity contribution in [1.82, 2.24) is 5.32 Å². The summed E-state index contributed by atoms with van der Waals surface area (Å²) in [7, 11) is 0. The van der Waals surface area contributed by atoms with Gasteiger partial charge in [0.25, 0.3) is 0 Å². The Labute approximate surface area is 131 Å². The summed E-state index contributed by atoms with van der Waals surface area (Å²) in [5.41, 5.74) is 2.62. The summed E-state index contributed by atoms with van der Waals surface area (Å²) < 4.78 is 0. The first-order valence-corrected chi connectivity index (χ1v) is 8.23. The SMILES string of the molecule is Cc1cc(C(C)NC(C)Cc2ccccc2Cl)c(C)s1. The van der Waals surface area contributed by atoms with Crippen molar-refractivity contribution in [3.63, 3.8) is 0 Å². The lowest BCUT2D eigenvalue weighted by atomic mass is 10.0. The molecule has 0 aliphatic rings. The molecule has 2 atom stereocenters. The summed E-state index contributed by atoms with van der Waals surface area (Å²) >= 11 is 8.09. The zero-order valence-electron chi connectivity index (χ0n) is 12.5. The lowest BCUT2D eigenvalue weighted by Crippen LogP contribution is -2.30. The second-order valence-electron chi connectivity index (χ2n) is 5.45. The van der Waals surface area contributed by atoms with Crippen molar-refractivity contribution in [2.24, 2.45) is 0 Å². The molecular formula is C17H22ClNS. The highest BCUT2D eigenvalue weighted by Crippen LogP contribution is 2.26. The maximum Gasteiger partial charge on any atom is 0.0438 e. The zero-order valence-corrected chi connectivity index (χ0v) is 14.1. The van der Waals surface area contributed by atoms with Gasteiger partial charge >= 0.3 is 0 Å². The van der Waals surface area contributed by atoms with E-state index in [4.69, 9.17) is 11.6 Å². The second kappa shape index (κ2) is 6.75. The highest BCUT2D eigenvalue weighted by molar-refractivity contribution is 7.12. The summed E-state index contributed by atoms with van der Waals surface area (Å²) in [4.78, 5) is 2.79. The summed E-state index contributed by atoms with van der Waals surface area (Å²) in [5, 5.41) is 4.53. The average Bonchev–Trinajstić information content (AvgIpc) is 2.71. The largest absolute Gasteiger partial charge is 0.307 e. The number of halogens is 1. The van der Waals surface area contributed by atoms with E-state index in [-0.39, 0.29) is 0 Å². The fourth-order valence-corrected chi connectivity index (χ4v) is 3.88. The van der Waals surface area contributed by atoms with E-state index in [1.165, 1.54) is 20.9 Å². The van der Waals surface area contributed by atoms with Crippen LogP contribution in [0.5, 0.6) is 0 Å². The third kappa shape index (κ3) is 3.85. The maximum atomic E-state index is 6.22. The summed E-state index contributed by atoms with van der Waals surface area (Å²) in [5.74, 6) is 0. The molecule has 0 amide bonds. The number of nitrogens with one attached hydrogen (secondary N) is 1. The molecular weight excluding hydrogens is 286 g/mol. The highest BCUT2D eigenvalue weighted by atomic mass is 35.5. The predicted octanol–water partition coefficient (Wildman–Crippen LogP) is 5.30. The lowest BCUT2D eigenvalue weighted by Gasteiger charge is -2.20. The molecule has 2 unspecified atom stereocenters. The molecule has 2 aromatic rings. The maximum absolute atomic E-state index is 6.22. The van der Waals surface area contributed by atoms with Crippen LogP contribution in [0.4, 0.5) is 0 Å². The molecule has 0 aliphatic carbocycles. The minimum atomic E-state index is 0.373. The molecule has 1 aromatic carbocycles. The van der Waals surface area contributed by atoms with E-state index in [9.17, 15) is 0 Å². The van der Waals surface area contributed by atoms with Crippen LogP contribution in [-0.4, -0.2) is 6.04 Å². The van der Waals surface area contributed by atoms with Gasteiger partial charge < -0.3 is 5.32 Å². The van der Waals surface area contributed by atoms with Gasteiger partial charge in [-0.3, -0.25) is 0 Å². The molecule has 2 rings (SSSR count). The first-order valence-electron chi connectivity index (χ1n) is 7.03. The molecule has 0 saturated heterocycles. The normalized spacial score (nSPS) is 14.2. The van der Waals surface area contributed by atoms with E-state index in [0.29, 0.717) is 12.1 Å². The van der Waals surface area contributed by atoms with Crippen LogP contribution >= 0.6 is 22.9 Å². The Balaban J connectivity index is 1.99. The van der Waals surface area contributed by atoms with Crippen LogP contribution in [0.15, 0.2) is 30.3 Å². The van der Waals surface area contributed by atoms with Crippen LogP contribution in [0.3, 0.4) is 0 Å². The molecule has 20 heavy (non-hydrogen) atoms. The van der Waals surface area contributed by atoms with Crippen LogP contribution in [0.2, 0.25) is 5.02 Å². The topological polar surface area (TPSA) is 12.0 Å². The molecule has 0 radical (unpaired) electrons. The van der Waals surface area contributed by atoms with Crippen molar-refractivity contribution in [1.29, 1.82) is 0 Å². The predicted molar refractivity (Wildman–Crippen MR) is 90.0 cm³/mol. The Morgan fingerprint density at radius 2 is 1.90 bits per heavy atom. The van der Waals surface area contributed by atoms with Crippen molar-refractivity contribution in [3.05, 3.63) is 56.2 Å². The van der Waals surface area contributed by atoms with Crippen LogP contribution in [-0.2, 0) is 6.42 Å². The summed E-state index contributed by atoms with van der Waals surface area (Å²) in [6.07, 6.45) is 0.951. The first kappa shape index (κ1) is 15.6. The van der Waals surface area contributed by atoms with Crippen LogP contribution in [0.1, 0.15) is 40.8 Å². The number of thiophene rings is 1. The van der Waals surface area contributed by atoms with Crippen molar-refractivity contribution in [2.45, 2.75) is 46.2 Å². The smallest absolute Gasteiger partial charge is 0.0438 e. The number of rotatable bonds is 5. The van der Waals surface area contributed by atoms with E-state index in [1.54, 1.807) is 0 Å². The number of hydrogen-bond donors (Lipinski definition) is 1. The average molecular weight is 308 g/mol. The van der Waals surface area contributed by atoms with Gasteiger partial charge in [0, 0.05) is 26.9 Å². The van der Waals surface area contributed by atoms with E-state index in [0.717, 1.165) is 11.4 Å². The Morgan fingerprint density at radius 1 is 1.20 bits per heavy atom. The molecule has 1 nitrogen and oxygen atoms in total. The van der Waals surface area contributed by atoms with Crippen LogP contribution < -0.4 is 5.32 Å². The van der Waals surface area contributed by atoms with Crippen molar-refractivity contribution < 1.29 is 0 Å². The Morgan fingerprint density at radius 3 is 2.50 bits per heavy atom. The zero-order chi connectivity index (χ0) is 14.7. The molecule has 1 aromatic heterocycles.